The molecule has 1 aromatic heterocycles. The van der Waals surface area contributed by atoms with Crippen molar-refractivity contribution < 1.29 is 14.5 Å². The Morgan fingerprint density at radius 3 is 2.79 bits per heavy atom. The number of carbonyl (C=O) groups excluding carboxylic acids is 1. The summed E-state index contributed by atoms with van der Waals surface area (Å²) in [5.41, 5.74) is -0.313. The first-order valence-electron chi connectivity index (χ1n) is 5.16. The van der Waals surface area contributed by atoms with Gasteiger partial charge in [-0.05, 0) is 22.9 Å². The van der Waals surface area contributed by atoms with E-state index in [2.05, 4.69) is 20.7 Å². The number of halogens is 1. The van der Waals surface area contributed by atoms with Crippen LogP contribution in [-0.4, -0.2) is 22.6 Å². The van der Waals surface area contributed by atoms with Gasteiger partial charge in [-0.25, -0.2) is 4.79 Å². The normalized spacial score (nSPS) is 11.2. The highest BCUT2D eigenvalue weighted by molar-refractivity contribution is 9.10. The van der Waals surface area contributed by atoms with Crippen LogP contribution >= 0.6 is 15.9 Å². The molecule has 0 aromatic carbocycles. The molecule has 0 aliphatic rings. The number of allylic oxidation sites excluding steroid dienone is 1. The summed E-state index contributed by atoms with van der Waals surface area (Å²) < 4.78 is 5.73. The Morgan fingerprint density at radius 1 is 1.63 bits per heavy atom. The van der Waals surface area contributed by atoms with Crippen molar-refractivity contribution >= 4 is 27.6 Å². The number of methoxy groups -OCH3 is 1. The standard InChI is InChI=1S/C11H11BrN2O5/c1-7(11(16)19-2)3-4-13-6-8(14(17)18)5-9(12)10(13)15/h3,5-6H,4H2,1-2H3/b7-3+. The summed E-state index contributed by atoms with van der Waals surface area (Å²) in [6, 6.07) is 1.13. The molecule has 102 valence electrons. The summed E-state index contributed by atoms with van der Waals surface area (Å²) >= 11 is 2.96. The molecule has 19 heavy (non-hydrogen) atoms. The van der Waals surface area contributed by atoms with E-state index in [4.69, 9.17) is 0 Å². The summed E-state index contributed by atoms with van der Waals surface area (Å²) in [7, 11) is 1.25. The second-order valence-corrected chi connectivity index (χ2v) is 4.49. The van der Waals surface area contributed by atoms with Crippen molar-refractivity contribution in [3.05, 3.63) is 48.9 Å². The molecule has 1 rings (SSSR count). The molecular weight excluding hydrogens is 320 g/mol. The molecule has 7 nitrogen and oxygen atoms in total. The molecule has 0 radical (unpaired) electrons. The summed E-state index contributed by atoms with van der Waals surface area (Å²) in [4.78, 5) is 33.0. The molecular formula is C11H11BrN2O5. The largest absolute Gasteiger partial charge is 0.466 e. The SMILES string of the molecule is COC(=O)/C(C)=C/Cn1cc([N+](=O)[O-])cc(Br)c1=O. The van der Waals surface area contributed by atoms with Crippen LogP contribution in [-0.2, 0) is 16.1 Å². The quantitative estimate of drug-likeness (QED) is 0.362. The van der Waals surface area contributed by atoms with Crippen LogP contribution in [0.3, 0.4) is 0 Å². The number of aromatic nitrogens is 1. The van der Waals surface area contributed by atoms with Crippen LogP contribution < -0.4 is 5.56 Å². The maximum absolute atomic E-state index is 11.7. The number of nitro groups is 1. The van der Waals surface area contributed by atoms with Crippen LogP contribution in [0.5, 0.6) is 0 Å². The van der Waals surface area contributed by atoms with Gasteiger partial charge in [0.2, 0.25) is 0 Å². The Labute approximate surface area is 116 Å². The number of carbonyl (C=O) groups is 1. The van der Waals surface area contributed by atoms with Crippen molar-refractivity contribution in [2.75, 3.05) is 7.11 Å². The van der Waals surface area contributed by atoms with Crippen LogP contribution in [0.25, 0.3) is 0 Å². The number of pyridine rings is 1. The van der Waals surface area contributed by atoms with E-state index in [0.717, 1.165) is 16.8 Å². The molecule has 1 heterocycles. The molecule has 0 spiro atoms. The van der Waals surface area contributed by atoms with Crippen molar-refractivity contribution in [1.82, 2.24) is 4.57 Å². The van der Waals surface area contributed by atoms with E-state index in [1.54, 1.807) is 0 Å². The maximum Gasteiger partial charge on any atom is 0.333 e. The molecule has 0 N–H and O–H groups in total. The molecule has 0 unspecified atom stereocenters. The van der Waals surface area contributed by atoms with E-state index in [0.29, 0.717) is 5.57 Å². The van der Waals surface area contributed by atoms with E-state index in [1.807, 2.05) is 0 Å². The average molecular weight is 331 g/mol. The van der Waals surface area contributed by atoms with Gasteiger partial charge in [-0.2, -0.15) is 0 Å². The maximum atomic E-state index is 11.7. The van der Waals surface area contributed by atoms with Crippen LogP contribution in [0.4, 0.5) is 5.69 Å². The lowest BCUT2D eigenvalue weighted by molar-refractivity contribution is -0.385. The lowest BCUT2D eigenvalue weighted by Crippen LogP contribution is -2.20. The Balaban J connectivity index is 3.11. The lowest BCUT2D eigenvalue weighted by Gasteiger charge is -2.04. The molecule has 1 aromatic rings. The number of hydrogen-bond acceptors (Lipinski definition) is 5. The molecule has 0 aliphatic carbocycles. The summed E-state index contributed by atoms with van der Waals surface area (Å²) in [6.07, 6.45) is 2.58. The minimum Gasteiger partial charge on any atom is -0.466 e. The lowest BCUT2D eigenvalue weighted by atomic mass is 10.3. The van der Waals surface area contributed by atoms with Crippen molar-refractivity contribution in [3.8, 4) is 0 Å². The minimum atomic E-state index is -0.600. The summed E-state index contributed by atoms with van der Waals surface area (Å²) in [5.74, 6) is -0.516. The molecule has 0 amide bonds. The smallest absolute Gasteiger partial charge is 0.333 e. The topological polar surface area (TPSA) is 91.4 Å². The first-order valence-corrected chi connectivity index (χ1v) is 5.95. The van der Waals surface area contributed by atoms with Gasteiger partial charge in [0, 0.05) is 18.2 Å². The fourth-order valence-corrected chi connectivity index (χ4v) is 1.76. The van der Waals surface area contributed by atoms with E-state index in [1.165, 1.54) is 20.1 Å². The zero-order chi connectivity index (χ0) is 14.6. The van der Waals surface area contributed by atoms with Crippen LogP contribution in [0.15, 0.2) is 33.2 Å². The Morgan fingerprint density at radius 2 is 2.26 bits per heavy atom. The fraction of sp³-hybridized carbons (Fsp3) is 0.273. The number of hydrogen-bond donors (Lipinski definition) is 0. The van der Waals surface area contributed by atoms with E-state index >= 15 is 0 Å². The van der Waals surface area contributed by atoms with Gasteiger partial charge >= 0.3 is 5.97 Å². The van der Waals surface area contributed by atoms with Gasteiger partial charge in [-0.1, -0.05) is 6.08 Å². The van der Waals surface area contributed by atoms with Crippen molar-refractivity contribution in [3.63, 3.8) is 0 Å². The van der Waals surface area contributed by atoms with E-state index in [-0.39, 0.29) is 16.7 Å². The molecule has 0 aliphatic heterocycles. The summed E-state index contributed by atoms with van der Waals surface area (Å²) in [5, 5.41) is 10.7. The van der Waals surface area contributed by atoms with E-state index in [9.17, 15) is 19.7 Å². The van der Waals surface area contributed by atoms with Crippen molar-refractivity contribution in [1.29, 1.82) is 0 Å². The van der Waals surface area contributed by atoms with Gasteiger partial charge in [0.1, 0.15) is 0 Å². The van der Waals surface area contributed by atoms with Gasteiger partial charge in [0.05, 0.1) is 22.7 Å². The highest BCUT2D eigenvalue weighted by Gasteiger charge is 2.12. The first kappa shape index (κ1) is 15.1. The van der Waals surface area contributed by atoms with Gasteiger partial charge in [0.25, 0.3) is 11.2 Å². The van der Waals surface area contributed by atoms with Crippen LogP contribution in [0, 0.1) is 10.1 Å². The van der Waals surface area contributed by atoms with Gasteiger partial charge < -0.3 is 9.30 Å². The Bertz CT molecular complexity index is 606. The summed E-state index contributed by atoms with van der Waals surface area (Å²) in [6.45, 7) is 1.57. The number of esters is 1. The van der Waals surface area contributed by atoms with E-state index < -0.39 is 16.5 Å². The zero-order valence-electron chi connectivity index (χ0n) is 10.3. The molecule has 0 saturated carbocycles. The van der Waals surface area contributed by atoms with Gasteiger partial charge in [-0.15, -0.1) is 0 Å². The van der Waals surface area contributed by atoms with Crippen LogP contribution in [0.2, 0.25) is 0 Å². The average Bonchev–Trinajstić information content (AvgIpc) is 2.38. The number of rotatable bonds is 4. The van der Waals surface area contributed by atoms with Gasteiger partial charge in [-0.3, -0.25) is 14.9 Å². The van der Waals surface area contributed by atoms with Crippen molar-refractivity contribution in [2.45, 2.75) is 13.5 Å². The fourth-order valence-electron chi connectivity index (χ4n) is 1.30. The minimum absolute atomic E-state index is 0.0417. The monoisotopic (exact) mass is 330 g/mol. The molecule has 0 bridgehead atoms. The van der Waals surface area contributed by atoms with Gasteiger partial charge in [0.15, 0.2) is 0 Å². The molecule has 0 fully saturated rings. The molecule has 0 saturated heterocycles. The molecule has 0 atom stereocenters. The third-order valence-electron chi connectivity index (χ3n) is 2.34. The first-order chi connectivity index (χ1) is 8.86. The third-order valence-corrected chi connectivity index (χ3v) is 2.91. The number of nitrogens with zero attached hydrogens (tertiary/aromatic N) is 2. The van der Waals surface area contributed by atoms with Crippen molar-refractivity contribution in [2.24, 2.45) is 0 Å². The predicted molar refractivity (Wildman–Crippen MR) is 70.8 cm³/mol. The van der Waals surface area contributed by atoms with Crippen LogP contribution in [0.1, 0.15) is 6.92 Å². The number of ether oxygens (including phenoxy) is 1. The second-order valence-electron chi connectivity index (χ2n) is 3.64. The second kappa shape index (κ2) is 6.28. The highest BCUT2D eigenvalue weighted by atomic mass is 79.9. The Hall–Kier alpha value is -1.96. The molecule has 8 heteroatoms. The Kier molecular flexibility index (Phi) is 4.99. The predicted octanol–water partition coefficient (Wildman–Crippen LogP) is 1.64. The highest BCUT2D eigenvalue weighted by Crippen LogP contribution is 2.14. The third kappa shape index (κ3) is 3.75. The zero-order valence-corrected chi connectivity index (χ0v) is 11.8.